The lowest BCUT2D eigenvalue weighted by Crippen LogP contribution is -2.50. The van der Waals surface area contributed by atoms with Gasteiger partial charge in [0.15, 0.2) is 0 Å². The first kappa shape index (κ1) is 19.0. The highest BCUT2D eigenvalue weighted by Gasteiger charge is 2.22. The van der Waals surface area contributed by atoms with Gasteiger partial charge in [0.1, 0.15) is 0 Å². The van der Waals surface area contributed by atoms with Crippen LogP contribution in [0.5, 0.6) is 0 Å². The average Bonchev–Trinajstić information content (AvgIpc) is 2.61. The van der Waals surface area contributed by atoms with Crippen LogP contribution in [0.4, 0.5) is 21.9 Å². The van der Waals surface area contributed by atoms with Crippen molar-refractivity contribution in [2.24, 2.45) is 0 Å². The van der Waals surface area contributed by atoms with E-state index in [9.17, 15) is 9.59 Å². The molecular weight excluding hydrogens is 364 g/mol. The number of rotatable bonds is 3. The van der Waals surface area contributed by atoms with Crippen molar-refractivity contribution in [3.63, 3.8) is 0 Å². The molecule has 0 unspecified atom stereocenters. The Morgan fingerprint density at radius 3 is 2.26 bits per heavy atom. The number of urea groups is 1. The second-order valence-electron chi connectivity index (χ2n) is 6.60. The molecule has 0 bridgehead atoms. The van der Waals surface area contributed by atoms with E-state index in [0.717, 1.165) is 29.4 Å². The van der Waals surface area contributed by atoms with Crippen LogP contribution in [0.25, 0.3) is 0 Å². The summed E-state index contributed by atoms with van der Waals surface area (Å²) in [6.45, 7) is 6.30. The normalized spacial score (nSPS) is 14.0. The second-order valence-corrected chi connectivity index (χ2v) is 7.03. The van der Waals surface area contributed by atoms with E-state index in [1.807, 2.05) is 25.1 Å². The summed E-state index contributed by atoms with van der Waals surface area (Å²) >= 11 is 6.03. The van der Waals surface area contributed by atoms with Gasteiger partial charge in [-0.1, -0.05) is 17.7 Å². The third-order valence-corrected chi connectivity index (χ3v) is 4.74. The molecule has 0 radical (unpaired) electrons. The van der Waals surface area contributed by atoms with Crippen molar-refractivity contribution in [3.8, 4) is 0 Å². The highest BCUT2D eigenvalue weighted by atomic mass is 35.5. The zero-order valence-electron chi connectivity index (χ0n) is 15.5. The number of hydrogen-bond acceptors (Lipinski definition) is 3. The zero-order valence-corrected chi connectivity index (χ0v) is 16.2. The van der Waals surface area contributed by atoms with Gasteiger partial charge in [-0.15, -0.1) is 0 Å². The van der Waals surface area contributed by atoms with Gasteiger partial charge in [0, 0.05) is 55.2 Å². The summed E-state index contributed by atoms with van der Waals surface area (Å²) in [4.78, 5) is 27.8. The molecule has 3 rings (SSSR count). The number of carbonyl (C=O) groups is 2. The fourth-order valence-electron chi connectivity index (χ4n) is 3.20. The van der Waals surface area contributed by atoms with Gasteiger partial charge in [-0.3, -0.25) is 4.79 Å². The molecular formula is C20H23ClN4O2. The SMILES string of the molecule is CC(=O)Nc1cccc(NC(=O)N2CCN(c3ccc(Cl)cc3C)CC2)c1. The molecule has 0 aliphatic carbocycles. The van der Waals surface area contributed by atoms with E-state index in [4.69, 9.17) is 11.6 Å². The second kappa shape index (κ2) is 8.31. The number of hydrogen-bond donors (Lipinski definition) is 2. The number of carbonyl (C=O) groups excluding carboxylic acids is 2. The van der Waals surface area contributed by atoms with Gasteiger partial charge in [0.2, 0.25) is 5.91 Å². The fourth-order valence-corrected chi connectivity index (χ4v) is 3.43. The lowest BCUT2D eigenvalue weighted by Gasteiger charge is -2.36. The van der Waals surface area contributed by atoms with Crippen molar-refractivity contribution in [2.75, 3.05) is 41.7 Å². The summed E-state index contributed by atoms with van der Waals surface area (Å²) in [5, 5.41) is 6.34. The van der Waals surface area contributed by atoms with Crippen LogP contribution in [0, 0.1) is 6.92 Å². The minimum atomic E-state index is -0.146. The molecule has 1 aliphatic heterocycles. The van der Waals surface area contributed by atoms with Crippen LogP contribution in [0.15, 0.2) is 42.5 Å². The topological polar surface area (TPSA) is 64.7 Å². The summed E-state index contributed by atoms with van der Waals surface area (Å²) in [6, 6.07) is 12.9. The number of nitrogens with zero attached hydrogens (tertiary/aromatic N) is 2. The molecule has 1 aliphatic rings. The van der Waals surface area contributed by atoms with Crippen molar-refractivity contribution in [1.29, 1.82) is 0 Å². The first-order chi connectivity index (χ1) is 12.9. The van der Waals surface area contributed by atoms with Gasteiger partial charge in [-0.25, -0.2) is 4.79 Å². The van der Waals surface area contributed by atoms with Gasteiger partial charge in [0.05, 0.1) is 0 Å². The van der Waals surface area contributed by atoms with Crippen molar-refractivity contribution in [2.45, 2.75) is 13.8 Å². The number of amides is 3. The van der Waals surface area contributed by atoms with Gasteiger partial charge in [0.25, 0.3) is 0 Å². The maximum absolute atomic E-state index is 12.5. The molecule has 7 heteroatoms. The number of piperazine rings is 1. The summed E-state index contributed by atoms with van der Waals surface area (Å²) in [6.07, 6.45) is 0. The molecule has 3 amide bonds. The highest BCUT2D eigenvalue weighted by molar-refractivity contribution is 6.30. The molecule has 1 saturated heterocycles. The van der Waals surface area contributed by atoms with E-state index in [-0.39, 0.29) is 11.9 Å². The number of halogens is 1. The van der Waals surface area contributed by atoms with Crippen molar-refractivity contribution < 1.29 is 9.59 Å². The summed E-state index contributed by atoms with van der Waals surface area (Å²) in [5.41, 5.74) is 3.60. The highest BCUT2D eigenvalue weighted by Crippen LogP contribution is 2.25. The predicted molar refractivity (Wildman–Crippen MR) is 110 cm³/mol. The zero-order chi connectivity index (χ0) is 19.4. The molecule has 0 atom stereocenters. The standard InChI is InChI=1S/C20H23ClN4O2/c1-14-12-16(21)6-7-19(14)24-8-10-25(11-9-24)20(27)23-18-5-3-4-17(13-18)22-15(2)26/h3-7,12-13H,8-11H2,1-2H3,(H,22,26)(H,23,27). The van der Waals surface area contributed by atoms with E-state index < -0.39 is 0 Å². The van der Waals surface area contributed by atoms with Gasteiger partial charge in [-0.05, 0) is 48.9 Å². The van der Waals surface area contributed by atoms with Crippen LogP contribution >= 0.6 is 11.6 Å². The Morgan fingerprint density at radius 1 is 0.963 bits per heavy atom. The Kier molecular flexibility index (Phi) is 5.86. The Bertz CT molecular complexity index is 848. The number of anilines is 3. The Morgan fingerprint density at radius 2 is 1.63 bits per heavy atom. The van der Waals surface area contributed by atoms with E-state index in [0.29, 0.717) is 24.5 Å². The molecule has 142 valence electrons. The van der Waals surface area contributed by atoms with Crippen molar-refractivity contribution >= 4 is 40.6 Å². The van der Waals surface area contributed by atoms with E-state index in [2.05, 4.69) is 15.5 Å². The molecule has 0 aromatic heterocycles. The first-order valence-electron chi connectivity index (χ1n) is 8.87. The molecule has 2 aromatic carbocycles. The lowest BCUT2D eigenvalue weighted by atomic mass is 10.1. The van der Waals surface area contributed by atoms with E-state index >= 15 is 0 Å². The van der Waals surface area contributed by atoms with Crippen molar-refractivity contribution in [3.05, 3.63) is 53.1 Å². The number of benzene rings is 2. The minimum absolute atomic E-state index is 0.137. The largest absolute Gasteiger partial charge is 0.368 e. The van der Waals surface area contributed by atoms with E-state index in [1.54, 1.807) is 29.2 Å². The number of nitrogens with one attached hydrogen (secondary N) is 2. The molecule has 6 nitrogen and oxygen atoms in total. The Balaban J connectivity index is 1.58. The van der Waals surface area contributed by atoms with Crippen LogP contribution < -0.4 is 15.5 Å². The fraction of sp³-hybridized carbons (Fsp3) is 0.300. The smallest absolute Gasteiger partial charge is 0.321 e. The van der Waals surface area contributed by atoms with Crippen LogP contribution in [-0.4, -0.2) is 43.0 Å². The maximum atomic E-state index is 12.5. The maximum Gasteiger partial charge on any atom is 0.321 e. The predicted octanol–water partition coefficient (Wildman–Crippen LogP) is 3.96. The molecule has 1 fully saturated rings. The molecule has 1 heterocycles. The average molecular weight is 387 g/mol. The molecule has 0 saturated carbocycles. The van der Waals surface area contributed by atoms with Crippen LogP contribution in [-0.2, 0) is 4.79 Å². The molecule has 0 spiro atoms. The molecule has 2 N–H and O–H groups in total. The summed E-state index contributed by atoms with van der Waals surface area (Å²) in [5.74, 6) is -0.146. The number of aryl methyl sites for hydroxylation is 1. The van der Waals surface area contributed by atoms with Crippen LogP contribution in [0.1, 0.15) is 12.5 Å². The van der Waals surface area contributed by atoms with Gasteiger partial charge < -0.3 is 20.4 Å². The van der Waals surface area contributed by atoms with Crippen LogP contribution in [0.2, 0.25) is 5.02 Å². The van der Waals surface area contributed by atoms with Gasteiger partial charge >= 0.3 is 6.03 Å². The third-order valence-electron chi connectivity index (χ3n) is 4.50. The quantitative estimate of drug-likeness (QED) is 0.839. The van der Waals surface area contributed by atoms with Crippen LogP contribution in [0.3, 0.4) is 0 Å². The Hall–Kier alpha value is -2.73. The Labute approximate surface area is 164 Å². The summed E-state index contributed by atoms with van der Waals surface area (Å²) < 4.78 is 0. The van der Waals surface area contributed by atoms with E-state index in [1.165, 1.54) is 6.92 Å². The van der Waals surface area contributed by atoms with Gasteiger partial charge in [-0.2, -0.15) is 0 Å². The first-order valence-corrected chi connectivity index (χ1v) is 9.25. The minimum Gasteiger partial charge on any atom is -0.368 e. The monoisotopic (exact) mass is 386 g/mol. The molecule has 2 aromatic rings. The lowest BCUT2D eigenvalue weighted by molar-refractivity contribution is -0.114. The summed E-state index contributed by atoms with van der Waals surface area (Å²) in [7, 11) is 0. The third kappa shape index (κ3) is 4.92. The van der Waals surface area contributed by atoms with Crippen molar-refractivity contribution in [1.82, 2.24) is 4.90 Å². The molecule has 27 heavy (non-hydrogen) atoms.